The number of aryl methyl sites for hydroxylation is 1. The summed E-state index contributed by atoms with van der Waals surface area (Å²) in [5.74, 6) is 0.273. The molecule has 1 aromatic rings. The molecule has 0 bridgehead atoms. The van der Waals surface area contributed by atoms with Crippen molar-refractivity contribution in [3.63, 3.8) is 0 Å². The number of hydrogen-bond donors (Lipinski definition) is 0. The lowest BCUT2D eigenvalue weighted by Crippen LogP contribution is -2.18. The number of halogens is 4. The second kappa shape index (κ2) is 6.73. The van der Waals surface area contributed by atoms with Crippen LogP contribution < -0.4 is 9.47 Å². The van der Waals surface area contributed by atoms with Gasteiger partial charge in [-0.1, -0.05) is 12.1 Å². The maximum atomic E-state index is 12.2. The van der Waals surface area contributed by atoms with E-state index in [9.17, 15) is 13.2 Å². The minimum atomic E-state index is -4.73. The third kappa shape index (κ3) is 4.64. The molecular weight excluding hydrogens is 269 g/mol. The Bertz CT molecular complexity index is 380. The minimum Gasteiger partial charge on any atom is -0.490 e. The molecule has 1 rings (SSSR count). The van der Waals surface area contributed by atoms with Gasteiger partial charge in [-0.05, 0) is 31.4 Å². The standard InChI is InChI=1S/C12H14ClF3O2/c1-2-17-11-9(6-4-8-13)5-3-7-10(11)18-12(14,15)16/h3,5,7H,2,4,6,8H2,1H3. The Labute approximate surface area is 109 Å². The molecule has 6 heteroatoms. The molecule has 0 radical (unpaired) electrons. The van der Waals surface area contributed by atoms with Crippen LogP contribution in [0.5, 0.6) is 11.5 Å². The Hall–Kier alpha value is -1.10. The summed E-state index contributed by atoms with van der Waals surface area (Å²) in [6.07, 6.45) is -3.51. The zero-order valence-corrected chi connectivity index (χ0v) is 10.6. The van der Waals surface area contributed by atoms with E-state index in [-0.39, 0.29) is 18.1 Å². The number of hydrogen-bond acceptors (Lipinski definition) is 2. The van der Waals surface area contributed by atoms with Crippen LogP contribution in [0.1, 0.15) is 18.9 Å². The normalized spacial score (nSPS) is 11.4. The number of rotatable bonds is 6. The minimum absolute atomic E-state index is 0.141. The second-order valence-corrected chi connectivity index (χ2v) is 3.90. The highest BCUT2D eigenvalue weighted by atomic mass is 35.5. The first-order chi connectivity index (χ1) is 8.48. The summed E-state index contributed by atoms with van der Waals surface area (Å²) in [6, 6.07) is 4.45. The van der Waals surface area contributed by atoms with Crippen molar-refractivity contribution in [2.45, 2.75) is 26.1 Å². The van der Waals surface area contributed by atoms with Crippen LogP contribution in [0.2, 0.25) is 0 Å². The summed E-state index contributed by atoms with van der Waals surface area (Å²) in [5.41, 5.74) is 0.666. The Kier molecular flexibility index (Phi) is 5.59. The molecule has 0 saturated carbocycles. The van der Waals surface area contributed by atoms with Gasteiger partial charge in [0.25, 0.3) is 0 Å². The topological polar surface area (TPSA) is 18.5 Å². The van der Waals surface area contributed by atoms with Crippen molar-refractivity contribution in [3.05, 3.63) is 23.8 Å². The monoisotopic (exact) mass is 282 g/mol. The molecule has 1 aromatic carbocycles. The van der Waals surface area contributed by atoms with Gasteiger partial charge in [0.2, 0.25) is 0 Å². The maximum absolute atomic E-state index is 12.2. The van der Waals surface area contributed by atoms with Crippen LogP contribution in [0.4, 0.5) is 13.2 Å². The Morgan fingerprint density at radius 1 is 1.28 bits per heavy atom. The molecule has 0 fully saturated rings. The maximum Gasteiger partial charge on any atom is 0.573 e. The molecule has 0 aliphatic carbocycles. The summed E-state index contributed by atoms with van der Waals surface area (Å²) < 4.78 is 45.9. The van der Waals surface area contributed by atoms with Crippen molar-refractivity contribution in [1.82, 2.24) is 0 Å². The van der Waals surface area contributed by atoms with Gasteiger partial charge < -0.3 is 9.47 Å². The molecule has 18 heavy (non-hydrogen) atoms. The summed E-state index contributed by atoms with van der Waals surface area (Å²) in [6.45, 7) is 1.97. The molecule has 0 amide bonds. The highest BCUT2D eigenvalue weighted by Crippen LogP contribution is 2.35. The lowest BCUT2D eigenvalue weighted by molar-refractivity contribution is -0.275. The lowest BCUT2D eigenvalue weighted by atomic mass is 10.1. The Morgan fingerprint density at radius 3 is 2.56 bits per heavy atom. The van der Waals surface area contributed by atoms with Gasteiger partial charge in [0.15, 0.2) is 11.5 Å². The van der Waals surface area contributed by atoms with Gasteiger partial charge in [-0.3, -0.25) is 0 Å². The zero-order chi connectivity index (χ0) is 13.6. The van der Waals surface area contributed by atoms with E-state index in [0.717, 1.165) is 0 Å². The molecule has 0 unspecified atom stereocenters. The van der Waals surface area contributed by atoms with Crippen molar-refractivity contribution in [3.8, 4) is 11.5 Å². The van der Waals surface area contributed by atoms with Crippen LogP contribution >= 0.6 is 11.6 Å². The van der Waals surface area contributed by atoms with Crippen molar-refractivity contribution in [2.24, 2.45) is 0 Å². The molecule has 2 nitrogen and oxygen atoms in total. The van der Waals surface area contributed by atoms with E-state index in [1.165, 1.54) is 12.1 Å². The Morgan fingerprint density at radius 2 is 2.00 bits per heavy atom. The Balaban J connectivity index is 3.00. The van der Waals surface area contributed by atoms with Crippen LogP contribution in [0, 0.1) is 0 Å². The van der Waals surface area contributed by atoms with Crippen LogP contribution in [-0.2, 0) is 6.42 Å². The van der Waals surface area contributed by atoms with Crippen LogP contribution in [0.3, 0.4) is 0 Å². The van der Waals surface area contributed by atoms with Crippen molar-refractivity contribution < 1.29 is 22.6 Å². The number of ether oxygens (including phenoxy) is 2. The van der Waals surface area contributed by atoms with Crippen molar-refractivity contribution in [1.29, 1.82) is 0 Å². The summed E-state index contributed by atoms with van der Waals surface area (Å²) in [5, 5.41) is 0. The highest BCUT2D eigenvalue weighted by Gasteiger charge is 2.32. The van der Waals surface area contributed by atoms with E-state index in [1.807, 2.05) is 0 Å². The smallest absolute Gasteiger partial charge is 0.490 e. The summed E-state index contributed by atoms with van der Waals surface area (Å²) in [7, 11) is 0. The van der Waals surface area contributed by atoms with Gasteiger partial charge >= 0.3 is 6.36 Å². The third-order valence-corrected chi connectivity index (χ3v) is 2.42. The predicted octanol–water partition coefficient (Wildman–Crippen LogP) is 4.16. The first-order valence-corrected chi connectivity index (χ1v) is 6.07. The zero-order valence-electron chi connectivity index (χ0n) is 9.89. The van der Waals surface area contributed by atoms with Gasteiger partial charge in [-0.2, -0.15) is 0 Å². The molecule has 0 saturated heterocycles. The predicted molar refractivity (Wildman–Crippen MR) is 63.3 cm³/mol. The van der Waals surface area contributed by atoms with Gasteiger partial charge in [0, 0.05) is 5.88 Å². The van der Waals surface area contributed by atoms with E-state index < -0.39 is 6.36 Å². The molecule has 102 valence electrons. The third-order valence-electron chi connectivity index (χ3n) is 2.15. The first kappa shape index (κ1) is 15.0. The molecule has 0 aliphatic heterocycles. The van der Waals surface area contributed by atoms with Crippen LogP contribution in [0.15, 0.2) is 18.2 Å². The quantitative estimate of drug-likeness (QED) is 0.730. The van der Waals surface area contributed by atoms with Gasteiger partial charge in [0.05, 0.1) is 6.61 Å². The fourth-order valence-corrected chi connectivity index (χ4v) is 1.66. The van der Waals surface area contributed by atoms with Crippen molar-refractivity contribution >= 4 is 11.6 Å². The molecule has 0 aliphatic rings. The van der Waals surface area contributed by atoms with E-state index in [1.54, 1.807) is 13.0 Å². The molecule has 0 heterocycles. The first-order valence-electron chi connectivity index (χ1n) is 5.54. The number of alkyl halides is 4. The molecule has 0 spiro atoms. The van der Waals surface area contributed by atoms with E-state index >= 15 is 0 Å². The molecule has 0 atom stereocenters. The lowest BCUT2D eigenvalue weighted by Gasteiger charge is -2.16. The highest BCUT2D eigenvalue weighted by molar-refractivity contribution is 6.17. The molecule has 0 aromatic heterocycles. The van der Waals surface area contributed by atoms with Gasteiger partial charge in [0.1, 0.15) is 0 Å². The largest absolute Gasteiger partial charge is 0.573 e. The average Bonchev–Trinajstić information content (AvgIpc) is 2.28. The molecular formula is C12H14ClF3O2. The fourth-order valence-electron chi connectivity index (χ4n) is 1.53. The van der Waals surface area contributed by atoms with E-state index in [2.05, 4.69) is 4.74 Å². The SMILES string of the molecule is CCOc1c(CCCCl)cccc1OC(F)(F)F. The number of para-hydroxylation sites is 1. The number of benzene rings is 1. The van der Waals surface area contributed by atoms with E-state index in [0.29, 0.717) is 24.3 Å². The van der Waals surface area contributed by atoms with Gasteiger partial charge in [-0.25, -0.2) is 0 Å². The van der Waals surface area contributed by atoms with Crippen LogP contribution in [0.25, 0.3) is 0 Å². The summed E-state index contributed by atoms with van der Waals surface area (Å²) in [4.78, 5) is 0. The van der Waals surface area contributed by atoms with Crippen molar-refractivity contribution in [2.75, 3.05) is 12.5 Å². The second-order valence-electron chi connectivity index (χ2n) is 3.52. The average molecular weight is 283 g/mol. The van der Waals surface area contributed by atoms with Crippen LogP contribution in [-0.4, -0.2) is 18.8 Å². The summed E-state index contributed by atoms with van der Waals surface area (Å²) >= 11 is 5.58. The fraction of sp³-hybridized carbons (Fsp3) is 0.500. The molecule has 0 N–H and O–H groups in total. The van der Waals surface area contributed by atoms with E-state index in [4.69, 9.17) is 16.3 Å². The van der Waals surface area contributed by atoms with Gasteiger partial charge in [-0.15, -0.1) is 24.8 Å².